The zero-order valence-corrected chi connectivity index (χ0v) is 13.1. The Balaban J connectivity index is 2.71. The van der Waals surface area contributed by atoms with Gasteiger partial charge in [-0.05, 0) is 23.8 Å². The van der Waals surface area contributed by atoms with E-state index in [4.69, 9.17) is 5.73 Å². The number of nitrogens with one attached hydrogen (secondary N) is 1. The summed E-state index contributed by atoms with van der Waals surface area (Å²) in [5.74, 6) is -0.0501. The van der Waals surface area contributed by atoms with Gasteiger partial charge in [0.25, 0.3) is 0 Å². The predicted octanol–water partition coefficient (Wildman–Crippen LogP) is 3.27. The molecule has 0 saturated heterocycles. The van der Waals surface area contributed by atoms with Crippen molar-refractivity contribution in [2.45, 2.75) is 46.6 Å². The van der Waals surface area contributed by atoms with Gasteiger partial charge in [0.05, 0.1) is 12.0 Å². The quantitative estimate of drug-likeness (QED) is 0.838. The number of amides is 1. The average Bonchev–Trinajstić information content (AvgIpc) is 2.41. The zero-order valence-electron chi connectivity index (χ0n) is 13.1. The lowest BCUT2D eigenvalue weighted by atomic mass is 9.84. The molecule has 3 N–H and O–H groups in total. The first kappa shape index (κ1) is 16.7. The van der Waals surface area contributed by atoms with E-state index in [-0.39, 0.29) is 23.3 Å². The standard InChI is InChI=1S/C17H28N2O/c1-5-15(13-9-7-6-8-10-13)19-16(20)14(12-18)11-17(2,3)4/h6-10,14-15H,5,11-12,18H2,1-4H3,(H,19,20). The van der Waals surface area contributed by atoms with Gasteiger partial charge in [0.1, 0.15) is 0 Å². The van der Waals surface area contributed by atoms with Crippen LogP contribution in [0.25, 0.3) is 0 Å². The maximum absolute atomic E-state index is 12.4. The molecular formula is C17H28N2O. The van der Waals surface area contributed by atoms with Gasteiger partial charge in [0, 0.05) is 6.54 Å². The molecule has 0 aliphatic carbocycles. The third-order valence-electron chi connectivity index (χ3n) is 3.44. The van der Waals surface area contributed by atoms with Crippen LogP contribution in [0, 0.1) is 11.3 Å². The van der Waals surface area contributed by atoms with Crippen LogP contribution in [0.4, 0.5) is 0 Å². The van der Waals surface area contributed by atoms with Crippen LogP contribution in [0.15, 0.2) is 30.3 Å². The maximum atomic E-state index is 12.4. The Bertz CT molecular complexity index is 409. The third-order valence-corrected chi connectivity index (χ3v) is 3.44. The lowest BCUT2D eigenvalue weighted by Gasteiger charge is -2.26. The summed E-state index contributed by atoms with van der Waals surface area (Å²) in [6.07, 6.45) is 1.68. The van der Waals surface area contributed by atoms with E-state index in [0.717, 1.165) is 18.4 Å². The number of hydrogen-bond donors (Lipinski definition) is 2. The predicted molar refractivity (Wildman–Crippen MR) is 84.2 cm³/mol. The fourth-order valence-corrected chi connectivity index (χ4v) is 2.42. The first-order chi connectivity index (χ1) is 9.37. The first-order valence-corrected chi connectivity index (χ1v) is 7.42. The fraction of sp³-hybridized carbons (Fsp3) is 0.588. The molecule has 0 aliphatic rings. The molecule has 112 valence electrons. The molecule has 0 aliphatic heterocycles. The van der Waals surface area contributed by atoms with Gasteiger partial charge in [-0.15, -0.1) is 0 Å². The van der Waals surface area contributed by atoms with Crippen LogP contribution in [0.3, 0.4) is 0 Å². The number of carbonyl (C=O) groups excluding carboxylic acids is 1. The molecule has 1 aromatic carbocycles. The van der Waals surface area contributed by atoms with Crippen LogP contribution in [-0.4, -0.2) is 12.5 Å². The van der Waals surface area contributed by atoms with Crippen LogP contribution in [0.5, 0.6) is 0 Å². The number of hydrogen-bond acceptors (Lipinski definition) is 2. The molecule has 2 unspecified atom stereocenters. The van der Waals surface area contributed by atoms with E-state index in [1.165, 1.54) is 0 Å². The molecule has 3 nitrogen and oxygen atoms in total. The highest BCUT2D eigenvalue weighted by Crippen LogP contribution is 2.25. The third kappa shape index (κ3) is 5.33. The SMILES string of the molecule is CCC(NC(=O)C(CN)CC(C)(C)C)c1ccccc1. The van der Waals surface area contributed by atoms with Gasteiger partial charge in [-0.25, -0.2) is 0 Å². The van der Waals surface area contributed by atoms with E-state index in [2.05, 4.69) is 45.1 Å². The van der Waals surface area contributed by atoms with E-state index in [9.17, 15) is 4.79 Å². The summed E-state index contributed by atoms with van der Waals surface area (Å²) in [6.45, 7) is 8.89. The van der Waals surface area contributed by atoms with E-state index >= 15 is 0 Å². The lowest BCUT2D eigenvalue weighted by Crippen LogP contribution is -2.39. The highest BCUT2D eigenvalue weighted by molar-refractivity contribution is 5.79. The second kappa shape index (κ2) is 7.44. The normalized spacial score (nSPS) is 14.7. The average molecular weight is 276 g/mol. The molecule has 0 radical (unpaired) electrons. The Hall–Kier alpha value is -1.35. The number of carbonyl (C=O) groups is 1. The molecule has 20 heavy (non-hydrogen) atoms. The molecule has 0 aromatic heterocycles. The summed E-state index contributed by atoms with van der Waals surface area (Å²) in [7, 11) is 0. The summed E-state index contributed by atoms with van der Waals surface area (Å²) in [4.78, 5) is 12.4. The molecule has 1 aromatic rings. The maximum Gasteiger partial charge on any atom is 0.224 e. The Morgan fingerprint density at radius 1 is 1.25 bits per heavy atom. The fourth-order valence-electron chi connectivity index (χ4n) is 2.42. The minimum Gasteiger partial charge on any atom is -0.349 e. The molecule has 1 amide bonds. The second-order valence-corrected chi connectivity index (χ2v) is 6.58. The molecule has 3 heteroatoms. The second-order valence-electron chi connectivity index (χ2n) is 6.58. The van der Waals surface area contributed by atoms with Gasteiger partial charge in [0.15, 0.2) is 0 Å². The number of benzene rings is 1. The Morgan fingerprint density at radius 3 is 2.30 bits per heavy atom. The van der Waals surface area contributed by atoms with Crippen LogP contribution in [-0.2, 0) is 4.79 Å². The molecule has 0 spiro atoms. The zero-order chi connectivity index (χ0) is 15.2. The highest BCUT2D eigenvalue weighted by Gasteiger charge is 2.25. The minimum atomic E-state index is -0.118. The smallest absolute Gasteiger partial charge is 0.224 e. The van der Waals surface area contributed by atoms with Crippen molar-refractivity contribution < 1.29 is 4.79 Å². The van der Waals surface area contributed by atoms with Crippen molar-refractivity contribution in [2.24, 2.45) is 17.1 Å². The number of nitrogens with two attached hydrogens (primary N) is 1. The van der Waals surface area contributed by atoms with Crippen molar-refractivity contribution in [2.75, 3.05) is 6.54 Å². The van der Waals surface area contributed by atoms with Gasteiger partial charge >= 0.3 is 0 Å². The Kier molecular flexibility index (Phi) is 6.21. The van der Waals surface area contributed by atoms with Gasteiger partial charge in [-0.1, -0.05) is 58.0 Å². The van der Waals surface area contributed by atoms with Crippen molar-refractivity contribution in [1.29, 1.82) is 0 Å². The van der Waals surface area contributed by atoms with Crippen molar-refractivity contribution in [3.63, 3.8) is 0 Å². The molecule has 2 atom stereocenters. The van der Waals surface area contributed by atoms with E-state index < -0.39 is 0 Å². The van der Waals surface area contributed by atoms with E-state index in [1.54, 1.807) is 0 Å². The lowest BCUT2D eigenvalue weighted by molar-refractivity contribution is -0.126. The van der Waals surface area contributed by atoms with Gasteiger partial charge < -0.3 is 11.1 Å². The minimum absolute atomic E-state index is 0.0673. The Morgan fingerprint density at radius 2 is 1.85 bits per heavy atom. The first-order valence-electron chi connectivity index (χ1n) is 7.42. The summed E-state index contributed by atoms with van der Waals surface area (Å²) >= 11 is 0. The molecule has 0 fully saturated rings. The molecule has 0 bridgehead atoms. The molecule has 0 saturated carbocycles. The van der Waals surface area contributed by atoms with Crippen molar-refractivity contribution in [3.8, 4) is 0 Å². The summed E-state index contributed by atoms with van der Waals surface area (Å²) in [6, 6.07) is 10.2. The van der Waals surface area contributed by atoms with Gasteiger partial charge in [0.2, 0.25) is 5.91 Å². The van der Waals surface area contributed by atoms with Crippen LogP contribution in [0.2, 0.25) is 0 Å². The summed E-state index contributed by atoms with van der Waals surface area (Å²) in [5.41, 5.74) is 7.03. The summed E-state index contributed by atoms with van der Waals surface area (Å²) < 4.78 is 0. The monoisotopic (exact) mass is 276 g/mol. The largest absolute Gasteiger partial charge is 0.349 e. The van der Waals surface area contributed by atoms with E-state index in [0.29, 0.717) is 6.54 Å². The van der Waals surface area contributed by atoms with Crippen LogP contribution >= 0.6 is 0 Å². The molecular weight excluding hydrogens is 248 g/mol. The molecule has 1 rings (SSSR count). The van der Waals surface area contributed by atoms with Gasteiger partial charge in [-0.2, -0.15) is 0 Å². The van der Waals surface area contributed by atoms with Crippen LogP contribution < -0.4 is 11.1 Å². The molecule has 0 heterocycles. The number of rotatable bonds is 6. The van der Waals surface area contributed by atoms with Crippen molar-refractivity contribution in [1.82, 2.24) is 5.32 Å². The topological polar surface area (TPSA) is 55.1 Å². The van der Waals surface area contributed by atoms with Gasteiger partial charge in [-0.3, -0.25) is 4.79 Å². The van der Waals surface area contributed by atoms with Crippen LogP contribution in [0.1, 0.15) is 52.1 Å². The van der Waals surface area contributed by atoms with Crippen molar-refractivity contribution in [3.05, 3.63) is 35.9 Å². The highest BCUT2D eigenvalue weighted by atomic mass is 16.1. The summed E-state index contributed by atoms with van der Waals surface area (Å²) in [5, 5.41) is 3.14. The van der Waals surface area contributed by atoms with E-state index in [1.807, 2.05) is 18.2 Å². The Labute approximate surface area is 122 Å². The van der Waals surface area contributed by atoms with Crippen molar-refractivity contribution >= 4 is 5.91 Å².